The molecular formula is C15H13Br2NO3. The molecule has 1 aliphatic heterocycles. The second-order valence-electron chi connectivity index (χ2n) is 4.63. The molecular weight excluding hydrogens is 402 g/mol. The summed E-state index contributed by atoms with van der Waals surface area (Å²) in [6.45, 7) is 0.632. The minimum absolute atomic E-state index is 0.234. The standard InChI is InChI=1S/C15H13Br2NO3/c16-10-2-3-11(17)12(6-10)18-7-13(19)9-1-4-14-15(5-9)21-8-20-14/h1-6,13,18-19H,7-8H2. The Labute approximate surface area is 139 Å². The van der Waals surface area contributed by atoms with Gasteiger partial charge in [-0.3, -0.25) is 0 Å². The van der Waals surface area contributed by atoms with E-state index in [2.05, 4.69) is 37.2 Å². The van der Waals surface area contributed by atoms with Gasteiger partial charge in [-0.1, -0.05) is 22.0 Å². The van der Waals surface area contributed by atoms with Gasteiger partial charge in [-0.05, 0) is 51.8 Å². The summed E-state index contributed by atoms with van der Waals surface area (Å²) in [4.78, 5) is 0. The van der Waals surface area contributed by atoms with Gasteiger partial charge < -0.3 is 19.9 Å². The Hall–Kier alpha value is -1.24. The van der Waals surface area contributed by atoms with E-state index in [0.29, 0.717) is 18.0 Å². The van der Waals surface area contributed by atoms with Gasteiger partial charge in [0.2, 0.25) is 6.79 Å². The lowest BCUT2D eigenvalue weighted by Gasteiger charge is -2.15. The highest BCUT2D eigenvalue weighted by molar-refractivity contribution is 9.11. The number of ether oxygens (including phenoxy) is 2. The Morgan fingerprint density at radius 2 is 1.90 bits per heavy atom. The van der Waals surface area contributed by atoms with Crippen molar-refractivity contribution in [3.05, 3.63) is 50.9 Å². The molecule has 0 amide bonds. The topological polar surface area (TPSA) is 50.7 Å². The van der Waals surface area contributed by atoms with Gasteiger partial charge in [0.05, 0.1) is 6.10 Å². The lowest BCUT2D eigenvalue weighted by Crippen LogP contribution is -2.12. The summed E-state index contributed by atoms with van der Waals surface area (Å²) < 4.78 is 12.5. The van der Waals surface area contributed by atoms with Crippen LogP contribution in [0.1, 0.15) is 11.7 Å². The van der Waals surface area contributed by atoms with Crippen molar-refractivity contribution in [2.75, 3.05) is 18.7 Å². The van der Waals surface area contributed by atoms with Crippen molar-refractivity contribution in [3.8, 4) is 11.5 Å². The summed E-state index contributed by atoms with van der Waals surface area (Å²) in [5.74, 6) is 1.39. The largest absolute Gasteiger partial charge is 0.454 e. The van der Waals surface area contributed by atoms with Crippen molar-refractivity contribution in [1.29, 1.82) is 0 Å². The second kappa shape index (κ2) is 6.25. The van der Waals surface area contributed by atoms with E-state index in [4.69, 9.17) is 9.47 Å². The molecule has 1 atom stereocenters. The van der Waals surface area contributed by atoms with E-state index in [1.165, 1.54) is 0 Å². The number of halogens is 2. The van der Waals surface area contributed by atoms with Gasteiger partial charge in [-0.15, -0.1) is 0 Å². The highest BCUT2D eigenvalue weighted by atomic mass is 79.9. The van der Waals surface area contributed by atoms with Crippen LogP contribution in [0.2, 0.25) is 0 Å². The Kier molecular flexibility index (Phi) is 4.37. The Bertz CT molecular complexity index is 663. The van der Waals surface area contributed by atoms with Gasteiger partial charge in [0, 0.05) is 21.2 Å². The molecule has 0 aromatic heterocycles. The van der Waals surface area contributed by atoms with E-state index in [9.17, 15) is 5.11 Å². The van der Waals surface area contributed by atoms with Crippen LogP contribution in [0.3, 0.4) is 0 Å². The molecule has 0 aliphatic carbocycles. The zero-order chi connectivity index (χ0) is 14.8. The zero-order valence-electron chi connectivity index (χ0n) is 11.0. The van der Waals surface area contributed by atoms with Gasteiger partial charge in [0.25, 0.3) is 0 Å². The lowest BCUT2D eigenvalue weighted by atomic mass is 10.1. The Morgan fingerprint density at radius 3 is 2.76 bits per heavy atom. The maximum Gasteiger partial charge on any atom is 0.231 e. The van der Waals surface area contributed by atoms with E-state index >= 15 is 0 Å². The number of nitrogens with one attached hydrogen (secondary N) is 1. The van der Waals surface area contributed by atoms with Crippen LogP contribution >= 0.6 is 31.9 Å². The Balaban J connectivity index is 1.69. The molecule has 1 unspecified atom stereocenters. The molecule has 0 fully saturated rings. The summed E-state index contributed by atoms with van der Waals surface area (Å²) >= 11 is 6.90. The molecule has 4 nitrogen and oxygen atoms in total. The number of anilines is 1. The van der Waals surface area contributed by atoms with Crippen LogP contribution in [-0.2, 0) is 0 Å². The van der Waals surface area contributed by atoms with Crippen LogP contribution in [0.5, 0.6) is 11.5 Å². The van der Waals surface area contributed by atoms with Crippen LogP contribution in [-0.4, -0.2) is 18.4 Å². The first kappa shape index (κ1) is 14.7. The molecule has 2 aromatic rings. The molecule has 2 aromatic carbocycles. The average Bonchev–Trinajstić information content (AvgIpc) is 2.95. The summed E-state index contributed by atoms with van der Waals surface area (Å²) in [6.07, 6.45) is -0.634. The van der Waals surface area contributed by atoms with Crippen LogP contribution in [0.15, 0.2) is 45.3 Å². The second-order valence-corrected chi connectivity index (χ2v) is 6.40. The molecule has 0 radical (unpaired) electrons. The smallest absolute Gasteiger partial charge is 0.231 e. The molecule has 21 heavy (non-hydrogen) atoms. The maximum atomic E-state index is 10.3. The van der Waals surface area contributed by atoms with Gasteiger partial charge in [0.15, 0.2) is 11.5 Å². The van der Waals surface area contributed by atoms with Gasteiger partial charge in [-0.25, -0.2) is 0 Å². The maximum absolute atomic E-state index is 10.3. The first-order chi connectivity index (χ1) is 10.1. The molecule has 0 bridgehead atoms. The fourth-order valence-corrected chi connectivity index (χ4v) is 2.83. The Morgan fingerprint density at radius 1 is 1.10 bits per heavy atom. The van der Waals surface area contributed by atoms with Crippen LogP contribution in [0.25, 0.3) is 0 Å². The summed E-state index contributed by atoms with van der Waals surface area (Å²) in [5, 5.41) is 13.5. The average molecular weight is 415 g/mol. The van der Waals surface area contributed by atoms with Gasteiger partial charge in [0.1, 0.15) is 0 Å². The number of hydrogen-bond donors (Lipinski definition) is 2. The zero-order valence-corrected chi connectivity index (χ0v) is 14.1. The molecule has 0 saturated heterocycles. The fraction of sp³-hybridized carbons (Fsp3) is 0.200. The molecule has 0 saturated carbocycles. The molecule has 1 aliphatic rings. The van der Waals surface area contributed by atoms with E-state index in [0.717, 1.165) is 20.2 Å². The van der Waals surface area contributed by atoms with E-state index in [-0.39, 0.29) is 6.79 Å². The molecule has 6 heteroatoms. The van der Waals surface area contributed by atoms with Crippen molar-refractivity contribution >= 4 is 37.5 Å². The molecule has 110 valence electrons. The molecule has 3 rings (SSSR count). The summed E-state index contributed by atoms with van der Waals surface area (Å²) in [5.41, 5.74) is 1.71. The minimum Gasteiger partial charge on any atom is -0.454 e. The third kappa shape index (κ3) is 3.33. The number of fused-ring (bicyclic) bond motifs is 1. The molecule has 2 N–H and O–H groups in total. The number of aliphatic hydroxyl groups excluding tert-OH is 1. The quantitative estimate of drug-likeness (QED) is 0.791. The van der Waals surface area contributed by atoms with Gasteiger partial charge in [-0.2, -0.15) is 0 Å². The van der Waals surface area contributed by atoms with E-state index < -0.39 is 6.10 Å². The number of aliphatic hydroxyl groups is 1. The van der Waals surface area contributed by atoms with Crippen molar-refractivity contribution in [1.82, 2.24) is 0 Å². The SMILES string of the molecule is OC(CNc1cc(Br)ccc1Br)c1ccc2c(c1)OCO2. The fourth-order valence-electron chi connectivity index (χ4n) is 2.08. The molecule has 0 spiro atoms. The minimum atomic E-state index is -0.634. The normalized spacial score (nSPS) is 14.0. The van der Waals surface area contributed by atoms with E-state index in [1.807, 2.05) is 36.4 Å². The molecule has 1 heterocycles. The number of rotatable bonds is 4. The van der Waals surface area contributed by atoms with Crippen molar-refractivity contribution in [2.45, 2.75) is 6.10 Å². The van der Waals surface area contributed by atoms with Gasteiger partial charge >= 0.3 is 0 Å². The third-order valence-corrected chi connectivity index (χ3v) is 4.38. The van der Waals surface area contributed by atoms with E-state index in [1.54, 1.807) is 0 Å². The van der Waals surface area contributed by atoms with Crippen molar-refractivity contribution < 1.29 is 14.6 Å². The first-order valence-corrected chi connectivity index (χ1v) is 7.98. The first-order valence-electron chi connectivity index (χ1n) is 6.40. The number of benzene rings is 2. The highest BCUT2D eigenvalue weighted by Crippen LogP contribution is 2.34. The summed E-state index contributed by atoms with van der Waals surface area (Å²) in [7, 11) is 0. The predicted octanol–water partition coefficient (Wildman–Crippen LogP) is 4.09. The summed E-state index contributed by atoms with van der Waals surface area (Å²) in [6, 6.07) is 11.3. The highest BCUT2D eigenvalue weighted by Gasteiger charge is 2.16. The van der Waals surface area contributed by atoms with Crippen LogP contribution in [0.4, 0.5) is 5.69 Å². The number of hydrogen-bond acceptors (Lipinski definition) is 4. The lowest BCUT2D eigenvalue weighted by molar-refractivity contribution is 0.173. The van der Waals surface area contributed by atoms with Crippen molar-refractivity contribution in [2.24, 2.45) is 0 Å². The van der Waals surface area contributed by atoms with Crippen LogP contribution < -0.4 is 14.8 Å². The van der Waals surface area contributed by atoms with Crippen molar-refractivity contribution in [3.63, 3.8) is 0 Å². The van der Waals surface area contributed by atoms with Crippen LogP contribution in [0, 0.1) is 0 Å². The monoisotopic (exact) mass is 413 g/mol. The predicted molar refractivity (Wildman–Crippen MR) is 87.9 cm³/mol. The third-order valence-electron chi connectivity index (χ3n) is 3.20.